The Hall–Kier alpha value is -1.91. The highest BCUT2D eigenvalue weighted by atomic mass is 32.2. The number of hydrogen-bond acceptors (Lipinski definition) is 4. The van der Waals surface area contributed by atoms with Gasteiger partial charge in [-0.3, -0.25) is 4.79 Å². The maximum Gasteiger partial charge on any atom is 0.416 e. The van der Waals surface area contributed by atoms with Crippen molar-refractivity contribution < 1.29 is 26.4 Å². The highest BCUT2D eigenvalue weighted by Gasteiger charge is 2.34. The van der Waals surface area contributed by atoms with Crippen LogP contribution < -0.4 is 4.72 Å². The van der Waals surface area contributed by atoms with Crippen LogP contribution in [0, 0.1) is 0 Å². The zero-order chi connectivity index (χ0) is 19.7. The molecule has 1 amide bonds. The molecule has 0 saturated heterocycles. The van der Waals surface area contributed by atoms with Crippen molar-refractivity contribution in [1.82, 2.24) is 9.62 Å². The Morgan fingerprint density at radius 2 is 2.00 bits per heavy atom. The maximum absolute atomic E-state index is 12.8. The molecular formula is C17H17F3N2O3S2. The van der Waals surface area contributed by atoms with Gasteiger partial charge in [-0.25, -0.2) is 13.1 Å². The smallest absolute Gasteiger partial charge is 0.334 e. The van der Waals surface area contributed by atoms with Crippen LogP contribution in [-0.4, -0.2) is 31.8 Å². The second-order valence-electron chi connectivity index (χ2n) is 6.23. The molecule has 1 aromatic carbocycles. The van der Waals surface area contributed by atoms with Gasteiger partial charge in [0.1, 0.15) is 0 Å². The predicted octanol–water partition coefficient (Wildman–Crippen LogP) is 3.24. The first-order valence-corrected chi connectivity index (χ1v) is 10.6. The van der Waals surface area contributed by atoms with Gasteiger partial charge < -0.3 is 4.90 Å². The molecule has 0 bridgehead atoms. The van der Waals surface area contributed by atoms with Crippen LogP contribution >= 0.6 is 11.3 Å². The van der Waals surface area contributed by atoms with E-state index in [0.717, 1.165) is 36.6 Å². The van der Waals surface area contributed by atoms with Crippen molar-refractivity contribution in [1.29, 1.82) is 0 Å². The molecule has 146 valence electrons. The van der Waals surface area contributed by atoms with Gasteiger partial charge in [0, 0.05) is 12.6 Å². The molecular weight excluding hydrogens is 401 g/mol. The summed E-state index contributed by atoms with van der Waals surface area (Å²) >= 11 is 1.50. The van der Waals surface area contributed by atoms with Crippen LogP contribution in [0.2, 0.25) is 0 Å². The van der Waals surface area contributed by atoms with Crippen molar-refractivity contribution in [2.75, 3.05) is 6.54 Å². The number of carbonyl (C=O) groups excluding carboxylic acids is 1. The lowest BCUT2D eigenvalue weighted by Crippen LogP contribution is -2.41. The van der Waals surface area contributed by atoms with Crippen molar-refractivity contribution >= 4 is 27.3 Å². The largest absolute Gasteiger partial charge is 0.416 e. The molecule has 3 rings (SSSR count). The number of nitrogens with one attached hydrogen (secondary N) is 1. The van der Waals surface area contributed by atoms with E-state index in [9.17, 15) is 26.4 Å². The molecule has 1 N–H and O–H groups in total. The highest BCUT2D eigenvalue weighted by Crippen LogP contribution is 2.31. The fourth-order valence-corrected chi connectivity index (χ4v) is 4.25. The van der Waals surface area contributed by atoms with Gasteiger partial charge in [-0.2, -0.15) is 24.5 Å². The van der Waals surface area contributed by atoms with Crippen LogP contribution in [0.3, 0.4) is 0 Å². The van der Waals surface area contributed by atoms with E-state index >= 15 is 0 Å². The lowest BCUT2D eigenvalue weighted by Gasteiger charge is -2.22. The standard InChI is InChI=1S/C17H17F3N2O3S2/c18-17(19,20)13-2-1-3-15(8-13)27(24,25)21-9-16(23)22(14-4-5-14)10-12-6-7-26-11-12/h1-3,6-8,11,14,21H,4-5,9-10H2. The number of rotatable bonds is 7. The number of alkyl halides is 3. The summed E-state index contributed by atoms with van der Waals surface area (Å²) in [6, 6.07) is 5.39. The fraction of sp³-hybridized carbons (Fsp3) is 0.353. The number of benzene rings is 1. The molecule has 2 aromatic rings. The van der Waals surface area contributed by atoms with Crippen LogP contribution in [0.1, 0.15) is 24.0 Å². The second-order valence-corrected chi connectivity index (χ2v) is 8.78. The number of halogens is 3. The summed E-state index contributed by atoms with van der Waals surface area (Å²) in [6.45, 7) is -0.114. The Morgan fingerprint density at radius 3 is 2.59 bits per heavy atom. The number of carbonyl (C=O) groups is 1. The van der Waals surface area contributed by atoms with E-state index in [0.29, 0.717) is 12.6 Å². The van der Waals surface area contributed by atoms with Crippen LogP contribution in [0.4, 0.5) is 13.2 Å². The molecule has 1 heterocycles. The predicted molar refractivity (Wildman–Crippen MR) is 94.5 cm³/mol. The van der Waals surface area contributed by atoms with E-state index in [-0.39, 0.29) is 6.04 Å². The Morgan fingerprint density at radius 1 is 1.26 bits per heavy atom. The van der Waals surface area contributed by atoms with E-state index in [1.807, 2.05) is 16.8 Å². The van der Waals surface area contributed by atoms with Crippen LogP contribution in [-0.2, 0) is 27.5 Å². The average Bonchev–Trinajstić information content (AvgIpc) is 3.33. The molecule has 27 heavy (non-hydrogen) atoms. The van der Waals surface area contributed by atoms with E-state index in [2.05, 4.69) is 4.72 Å². The summed E-state index contributed by atoms with van der Waals surface area (Å²) in [7, 11) is -4.23. The van der Waals surface area contributed by atoms with E-state index in [1.165, 1.54) is 11.3 Å². The van der Waals surface area contributed by atoms with Crippen LogP contribution in [0.15, 0.2) is 46.0 Å². The first kappa shape index (κ1) is 19.8. The molecule has 0 unspecified atom stereocenters. The molecule has 1 fully saturated rings. The molecule has 1 aliphatic carbocycles. The molecule has 0 radical (unpaired) electrons. The van der Waals surface area contributed by atoms with Gasteiger partial charge in [0.05, 0.1) is 17.0 Å². The van der Waals surface area contributed by atoms with Crippen LogP contribution in [0.25, 0.3) is 0 Å². The molecule has 0 atom stereocenters. The summed E-state index contributed by atoms with van der Waals surface area (Å²) in [6.07, 6.45) is -2.93. The molecule has 10 heteroatoms. The highest BCUT2D eigenvalue weighted by molar-refractivity contribution is 7.89. The molecule has 1 saturated carbocycles. The zero-order valence-corrected chi connectivity index (χ0v) is 15.7. The third-order valence-corrected chi connectivity index (χ3v) is 6.26. The maximum atomic E-state index is 12.8. The Kier molecular flexibility index (Phi) is 5.59. The van der Waals surface area contributed by atoms with E-state index < -0.39 is 39.1 Å². The Bertz CT molecular complexity index is 908. The van der Waals surface area contributed by atoms with E-state index in [1.54, 1.807) is 4.90 Å². The molecule has 1 aliphatic rings. The summed E-state index contributed by atoms with van der Waals surface area (Å²) in [5.74, 6) is -0.403. The van der Waals surface area contributed by atoms with Gasteiger partial charge in [-0.1, -0.05) is 6.07 Å². The van der Waals surface area contributed by atoms with Crippen LogP contribution in [0.5, 0.6) is 0 Å². The molecule has 1 aromatic heterocycles. The van der Waals surface area contributed by atoms with Gasteiger partial charge in [0.25, 0.3) is 0 Å². The summed E-state index contributed by atoms with van der Waals surface area (Å²) in [4.78, 5) is 13.6. The van der Waals surface area contributed by atoms with Gasteiger partial charge in [-0.05, 0) is 53.4 Å². The number of hydrogen-bond donors (Lipinski definition) is 1. The van der Waals surface area contributed by atoms with Gasteiger partial charge >= 0.3 is 6.18 Å². The van der Waals surface area contributed by atoms with Crippen molar-refractivity contribution in [3.63, 3.8) is 0 Å². The Labute approximate surface area is 158 Å². The zero-order valence-electron chi connectivity index (χ0n) is 14.1. The first-order chi connectivity index (χ1) is 12.7. The lowest BCUT2D eigenvalue weighted by atomic mass is 10.2. The normalized spacial score (nSPS) is 14.9. The van der Waals surface area contributed by atoms with Crippen molar-refractivity contribution in [2.45, 2.75) is 36.5 Å². The van der Waals surface area contributed by atoms with Gasteiger partial charge in [0.15, 0.2) is 0 Å². The van der Waals surface area contributed by atoms with E-state index in [4.69, 9.17) is 0 Å². The van der Waals surface area contributed by atoms with Crippen molar-refractivity contribution in [2.24, 2.45) is 0 Å². The number of sulfonamides is 1. The second kappa shape index (κ2) is 7.61. The topological polar surface area (TPSA) is 66.5 Å². The molecule has 0 aliphatic heterocycles. The minimum Gasteiger partial charge on any atom is -0.334 e. The van der Waals surface area contributed by atoms with Crippen molar-refractivity contribution in [3.05, 3.63) is 52.2 Å². The lowest BCUT2D eigenvalue weighted by molar-refractivity contribution is -0.137. The minimum absolute atomic E-state index is 0.0791. The quantitative estimate of drug-likeness (QED) is 0.751. The average molecular weight is 418 g/mol. The first-order valence-electron chi connectivity index (χ1n) is 8.14. The van der Waals surface area contributed by atoms with Gasteiger partial charge in [0.2, 0.25) is 15.9 Å². The third kappa shape index (κ3) is 5.08. The third-order valence-electron chi connectivity index (χ3n) is 4.13. The van der Waals surface area contributed by atoms with Gasteiger partial charge in [-0.15, -0.1) is 0 Å². The number of amides is 1. The molecule has 5 nitrogen and oxygen atoms in total. The SMILES string of the molecule is O=C(CNS(=O)(=O)c1cccc(C(F)(F)F)c1)N(Cc1ccsc1)C1CC1. The summed E-state index contributed by atoms with van der Waals surface area (Å²) in [5, 5.41) is 3.80. The monoisotopic (exact) mass is 418 g/mol. The number of thiophene rings is 1. The fourth-order valence-electron chi connectivity index (χ4n) is 2.57. The Balaban J connectivity index is 1.68. The molecule has 0 spiro atoms. The number of nitrogens with zero attached hydrogens (tertiary/aromatic N) is 1. The summed E-state index contributed by atoms with van der Waals surface area (Å²) in [5.41, 5.74) is -0.102. The minimum atomic E-state index is -4.65. The summed E-state index contributed by atoms with van der Waals surface area (Å²) < 4.78 is 65.0. The van der Waals surface area contributed by atoms with Crippen molar-refractivity contribution in [3.8, 4) is 0 Å².